The van der Waals surface area contributed by atoms with Gasteiger partial charge in [0, 0.05) is 5.75 Å². The molecule has 0 saturated carbocycles. The second-order valence-corrected chi connectivity index (χ2v) is 7.30. The quantitative estimate of drug-likeness (QED) is 0.0767. The van der Waals surface area contributed by atoms with Crippen LogP contribution in [0.4, 0.5) is 0 Å². The number of hydrogen-bond donors (Lipinski definition) is 9. The summed E-state index contributed by atoms with van der Waals surface area (Å²) in [7, 11) is 0. The Bertz CT molecular complexity index is 707. The molecule has 0 saturated heterocycles. The Labute approximate surface area is 190 Å². The van der Waals surface area contributed by atoms with Crippen molar-refractivity contribution >= 4 is 48.1 Å². The average Bonchev–Trinajstić information content (AvgIpc) is 2.69. The van der Waals surface area contributed by atoms with Gasteiger partial charge in [-0.3, -0.25) is 24.0 Å². The highest BCUT2D eigenvalue weighted by Gasteiger charge is 2.30. The Morgan fingerprint density at radius 1 is 0.781 bits per heavy atom. The zero-order valence-corrected chi connectivity index (χ0v) is 18.3. The van der Waals surface area contributed by atoms with E-state index in [2.05, 4.69) is 28.6 Å². The molecule has 0 fully saturated rings. The summed E-state index contributed by atoms with van der Waals surface area (Å²) in [5, 5.41) is 16.0. The standard InChI is InChI=1S/C17H31N7O7S/c18-4-2-1-3-9(17(30)31)22-16(29)11(7-32)24-15(28)10(6-13(21)26)23-14(27)8(19)5-12(20)25/h8-11,32H,1-7,18-19H2,(H2,20,25)(H2,21,26)(H,22,29)(H,23,27)(H,24,28)(H,30,31). The maximum atomic E-state index is 12.6. The Kier molecular flexibility index (Phi) is 13.6. The summed E-state index contributed by atoms with van der Waals surface area (Å²) in [6, 6.07) is -5.37. The smallest absolute Gasteiger partial charge is 0.326 e. The number of nitrogens with one attached hydrogen (secondary N) is 3. The van der Waals surface area contributed by atoms with Gasteiger partial charge in [-0.1, -0.05) is 0 Å². The molecule has 5 amide bonds. The van der Waals surface area contributed by atoms with Crippen LogP contribution in [0.5, 0.6) is 0 Å². The molecule has 0 spiro atoms. The Morgan fingerprint density at radius 2 is 1.28 bits per heavy atom. The van der Waals surface area contributed by atoms with E-state index in [4.69, 9.17) is 22.9 Å². The lowest BCUT2D eigenvalue weighted by Crippen LogP contribution is -2.58. The normalized spacial score (nSPS) is 14.3. The van der Waals surface area contributed by atoms with Crippen molar-refractivity contribution in [1.82, 2.24) is 16.0 Å². The van der Waals surface area contributed by atoms with Gasteiger partial charge in [-0.2, -0.15) is 12.6 Å². The van der Waals surface area contributed by atoms with E-state index in [1.807, 2.05) is 0 Å². The number of carboxylic acid groups (broad SMARTS) is 1. The summed E-state index contributed by atoms with van der Waals surface area (Å²) >= 11 is 3.98. The van der Waals surface area contributed by atoms with E-state index in [1.165, 1.54) is 0 Å². The predicted octanol–water partition coefficient (Wildman–Crippen LogP) is -4.34. The van der Waals surface area contributed by atoms with Gasteiger partial charge in [-0.15, -0.1) is 0 Å². The van der Waals surface area contributed by atoms with E-state index < -0.39 is 72.5 Å². The maximum Gasteiger partial charge on any atom is 0.326 e. The number of hydrogen-bond acceptors (Lipinski definition) is 9. The molecule has 14 nitrogen and oxygen atoms in total. The van der Waals surface area contributed by atoms with E-state index in [0.29, 0.717) is 19.4 Å². The van der Waals surface area contributed by atoms with Crippen molar-refractivity contribution in [2.75, 3.05) is 12.3 Å². The first-order valence-corrected chi connectivity index (χ1v) is 10.3. The fraction of sp³-hybridized carbons (Fsp3) is 0.647. The van der Waals surface area contributed by atoms with Crippen LogP contribution in [0.3, 0.4) is 0 Å². The van der Waals surface area contributed by atoms with Crippen LogP contribution in [0.25, 0.3) is 0 Å². The number of carbonyl (C=O) groups is 6. The summed E-state index contributed by atoms with van der Waals surface area (Å²) in [4.78, 5) is 70.6. The largest absolute Gasteiger partial charge is 0.480 e. The number of carbonyl (C=O) groups excluding carboxylic acids is 5. The zero-order chi connectivity index (χ0) is 24.8. The second-order valence-electron chi connectivity index (χ2n) is 6.94. The van der Waals surface area contributed by atoms with Crippen LogP contribution in [0.15, 0.2) is 0 Å². The van der Waals surface area contributed by atoms with Gasteiger partial charge in [0.1, 0.15) is 18.1 Å². The summed E-state index contributed by atoms with van der Waals surface area (Å²) in [5.41, 5.74) is 20.9. The van der Waals surface area contributed by atoms with Crippen LogP contribution >= 0.6 is 12.6 Å². The first-order valence-electron chi connectivity index (χ1n) is 9.69. The van der Waals surface area contributed by atoms with Crippen molar-refractivity contribution in [3.05, 3.63) is 0 Å². The molecule has 0 radical (unpaired) electrons. The predicted molar refractivity (Wildman–Crippen MR) is 116 cm³/mol. The Hall–Kier alpha value is -2.91. The number of unbranched alkanes of at least 4 members (excludes halogenated alkanes) is 1. The van der Waals surface area contributed by atoms with Crippen LogP contribution in [0.2, 0.25) is 0 Å². The topological polar surface area (TPSA) is 263 Å². The molecule has 182 valence electrons. The van der Waals surface area contributed by atoms with Gasteiger partial charge in [-0.05, 0) is 25.8 Å². The molecular weight excluding hydrogens is 446 g/mol. The van der Waals surface area contributed by atoms with Crippen molar-refractivity contribution in [3.63, 3.8) is 0 Å². The summed E-state index contributed by atoms with van der Waals surface area (Å²) in [5.74, 6) is -6.01. The maximum absolute atomic E-state index is 12.6. The number of rotatable bonds is 16. The third-order valence-corrected chi connectivity index (χ3v) is 4.54. The minimum Gasteiger partial charge on any atom is -0.480 e. The molecular formula is C17H31N7O7S. The van der Waals surface area contributed by atoms with Gasteiger partial charge in [0.05, 0.1) is 18.9 Å². The first-order chi connectivity index (χ1) is 14.9. The number of primary amides is 2. The van der Waals surface area contributed by atoms with Crippen LogP contribution in [0, 0.1) is 0 Å². The number of thiol groups is 1. The van der Waals surface area contributed by atoms with Gasteiger partial charge in [0.25, 0.3) is 0 Å². The average molecular weight is 478 g/mol. The minimum absolute atomic E-state index is 0.129. The van der Waals surface area contributed by atoms with E-state index in [-0.39, 0.29) is 12.2 Å². The molecule has 0 heterocycles. The zero-order valence-electron chi connectivity index (χ0n) is 17.4. The molecule has 0 aromatic carbocycles. The molecule has 0 aliphatic heterocycles. The molecule has 0 aliphatic rings. The van der Waals surface area contributed by atoms with Crippen LogP contribution in [-0.4, -0.2) is 77.1 Å². The molecule has 0 rings (SSSR count). The third kappa shape index (κ3) is 11.5. The van der Waals surface area contributed by atoms with Crippen LogP contribution in [-0.2, 0) is 28.8 Å². The lowest BCUT2D eigenvalue weighted by molar-refractivity contribution is -0.142. The molecule has 0 bridgehead atoms. The van der Waals surface area contributed by atoms with Gasteiger partial charge >= 0.3 is 5.97 Å². The fourth-order valence-corrected chi connectivity index (χ4v) is 2.74. The van der Waals surface area contributed by atoms with E-state index in [1.54, 1.807) is 0 Å². The monoisotopic (exact) mass is 477 g/mol. The van der Waals surface area contributed by atoms with Gasteiger partial charge < -0.3 is 44.0 Å². The highest BCUT2D eigenvalue weighted by molar-refractivity contribution is 7.80. The highest BCUT2D eigenvalue weighted by atomic mass is 32.1. The van der Waals surface area contributed by atoms with Crippen molar-refractivity contribution in [2.45, 2.75) is 56.3 Å². The molecule has 0 aliphatic carbocycles. The van der Waals surface area contributed by atoms with Crippen molar-refractivity contribution in [3.8, 4) is 0 Å². The Morgan fingerprint density at radius 3 is 1.75 bits per heavy atom. The number of carboxylic acids is 1. The fourth-order valence-electron chi connectivity index (χ4n) is 2.49. The number of amides is 5. The Balaban J connectivity index is 5.21. The summed E-state index contributed by atoms with van der Waals surface area (Å²) in [6.07, 6.45) is 0.0318. The molecule has 0 aromatic rings. The molecule has 32 heavy (non-hydrogen) atoms. The van der Waals surface area contributed by atoms with Gasteiger partial charge in [0.15, 0.2) is 0 Å². The molecule has 12 N–H and O–H groups in total. The van der Waals surface area contributed by atoms with Crippen molar-refractivity contribution in [1.29, 1.82) is 0 Å². The lowest BCUT2D eigenvalue weighted by atomic mass is 10.1. The van der Waals surface area contributed by atoms with Crippen LogP contribution in [0.1, 0.15) is 32.1 Å². The van der Waals surface area contributed by atoms with E-state index in [0.717, 1.165) is 0 Å². The molecule has 15 heteroatoms. The lowest BCUT2D eigenvalue weighted by Gasteiger charge is -2.24. The number of nitrogens with two attached hydrogens (primary N) is 4. The van der Waals surface area contributed by atoms with Gasteiger partial charge in [0.2, 0.25) is 29.5 Å². The van der Waals surface area contributed by atoms with E-state index >= 15 is 0 Å². The first kappa shape index (κ1) is 29.1. The van der Waals surface area contributed by atoms with Crippen LogP contribution < -0.4 is 38.9 Å². The third-order valence-electron chi connectivity index (χ3n) is 4.17. The molecule has 4 atom stereocenters. The second kappa shape index (κ2) is 15.0. The van der Waals surface area contributed by atoms with Gasteiger partial charge in [-0.25, -0.2) is 4.79 Å². The summed E-state index contributed by atoms with van der Waals surface area (Å²) < 4.78 is 0. The van der Waals surface area contributed by atoms with E-state index in [9.17, 15) is 33.9 Å². The highest BCUT2D eigenvalue weighted by Crippen LogP contribution is 2.03. The molecule has 4 unspecified atom stereocenters. The van der Waals surface area contributed by atoms with Crippen molar-refractivity contribution < 1.29 is 33.9 Å². The van der Waals surface area contributed by atoms with Crippen molar-refractivity contribution in [2.24, 2.45) is 22.9 Å². The minimum atomic E-state index is -1.51. The number of aliphatic carboxylic acids is 1. The SMILES string of the molecule is NCCCCC(NC(=O)C(CS)NC(=O)C(CC(N)=O)NC(=O)C(N)CC(N)=O)C(=O)O. The summed E-state index contributed by atoms with van der Waals surface area (Å²) in [6.45, 7) is 0.367. The molecule has 0 aromatic heterocycles.